The molecule has 2 aromatic carbocycles. The van der Waals surface area contributed by atoms with Gasteiger partial charge in [-0.15, -0.1) is 0 Å². The quantitative estimate of drug-likeness (QED) is 0.585. The van der Waals surface area contributed by atoms with Crippen molar-refractivity contribution in [2.75, 3.05) is 14.2 Å². The van der Waals surface area contributed by atoms with Crippen molar-refractivity contribution in [2.24, 2.45) is 7.05 Å². The highest BCUT2D eigenvalue weighted by molar-refractivity contribution is 7.89. The summed E-state index contributed by atoms with van der Waals surface area (Å²) in [4.78, 5) is 4.19. The van der Waals surface area contributed by atoms with E-state index in [1.54, 1.807) is 42.2 Å². The van der Waals surface area contributed by atoms with Crippen LogP contribution < -0.4 is 14.2 Å². The third-order valence-electron chi connectivity index (χ3n) is 4.28. The highest BCUT2D eigenvalue weighted by atomic mass is 35.5. The Kier molecular flexibility index (Phi) is 6.38. The predicted octanol–water partition coefficient (Wildman–Crippen LogP) is 3.81. The summed E-state index contributed by atoms with van der Waals surface area (Å²) in [6, 6.07) is 8.54. The third-order valence-corrected chi connectivity index (χ3v) is 6.42. The zero-order chi connectivity index (χ0) is 21.2. The molecule has 0 aliphatic carbocycles. The zero-order valence-corrected chi connectivity index (χ0v) is 18.2. The van der Waals surface area contributed by atoms with Crippen LogP contribution >= 0.6 is 23.2 Å². The number of ether oxygens (including phenoxy) is 2. The van der Waals surface area contributed by atoms with Crippen molar-refractivity contribution in [3.63, 3.8) is 0 Å². The molecular formula is C19H19Cl2N3O4S. The van der Waals surface area contributed by atoms with Gasteiger partial charge in [0.05, 0.1) is 19.2 Å². The van der Waals surface area contributed by atoms with Gasteiger partial charge in [-0.2, -0.15) is 4.72 Å². The number of aryl methyl sites for hydroxylation is 1. The van der Waals surface area contributed by atoms with Gasteiger partial charge in [-0.25, -0.2) is 13.4 Å². The second-order valence-electron chi connectivity index (χ2n) is 6.17. The number of nitrogens with one attached hydrogen (secondary N) is 1. The molecule has 0 unspecified atom stereocenters. The van der Waals surface area contributed by atoms with E-state index >= 15 is 0 Å². The summed E-state index contributed by atoms with van der Waals surface area (Å²) in [5.41, 5.74) is 0.581. The number of aromatic nitrogens is 2. The van der Waals surface area contributed by atoms with Gasteiger partial charge in [-0.05, 0) is 35.9 Å². The molecule has 154 valence electrons. The summed E-state index contributed by atoms with van der Waals surface area (Å²) in [5.74, 6) is 1.50. The average Bonchev–Trinajstić information content (AvgIpc) is 3.13. The molecule has 3 rings (SSSR count). The number of methoxy groups -OCH3 is 2. The van der Waals surface area contributed by atoms with Gasteiger partial charge in [0.25, 0.3) is 0 Å². The van der Waals surface area contributed by atoms with Gasteiger partial charge in [-0.1, -0.05) is 23.2 Å². The van der Waals surface area contributed by atoms with E-state index in [2.05, 4.69) is 9.71 Å². The van der Waals surface area contributed by atoms with Crippen molar-refractivity contribution >= 4 is 33.2 Å². The summed E-state index contributed by atoms with van der Waals surface area (Å²) in [6.07, 6.45) is 3.31. The van der Waals surface area contributed by atoms with Crippen LogP contribution in [0.4, 0.5) is 0 Å². The van der Waals surface area contributed by atoms with Gasteiger partial charge in [-0.3, -0.25) is 0 Å². The second kappa shape index (κ2) is 8.62. The van der Waals surface area contributed by atoms with Crippen molar-refractivity contribution in [3.05, 3.63) is 70.2 Å². The standard InChI is InChI=1S/C19H19Cl2N3O4S/c1-24-7-6-22-19(24)18(12-8-14(27-2)11-15(9-12)28-3)23-29(25,26)17-10-13(20)4-5-16(17)21/h4-11,18,23H,1-3H3/t18-/m0/s1. The maximum atomic E-state index is 13.2. The van der Waals surface area contributed by atoms with Gasteiger partial charge in [0.15, 0.2) is 0 Å². The molecule has 0 saturated heterocycles. The first kappa shape index (κ1) is 21.4. The lowest BCUT2D eigenvalue weighted by Crippen LogP contribution is -2.31. The highest BCUT2D eigenvalue weighted by Gasteiger charge is 2.28. The number of sulfonamides is 1. The molecule has 0 fully saturated rings. The Morgan fingerprint density at radius 2 is 1.72 bits per heavy atom. The van der Waals surface area contributed by atoms with E-state index in [9.17, 15) is 8.42 Å². The van der Waals surface area contributed by atoms with Crippen LogP contribution in [0.25, 0.3) is 0 Å². The first-order valence-electron chi connectivity index (χ1n) is 8.42. The van der Waals surface area contributed by atoms with Gasteiger partial charge in [0, 0.05) is 30.5 Å². The van der Waals surface area contributed by atoms with E-state index in [1.807, 2.05) is 0 Å². The van der Waals surface area contributed by atoms with Gasteiger partial charge >= 0.3 is 0 Å². The Labute approximate surface area is 179 Å². The van der Waals surface area contributed by atoms with E-state index in [0.717, 1.165) is 0 Å². The molecular weight excluding hydrogens is 437 g/mol. The minimum absolute atomic E-state index is 0.0590. The van der Waals surface area contributed by atoms with Crippen LogP contribution in [0, 0.1) is 0 Å². The van der Waals surface area contributed by atoms with Crippen LogP contribution in [0.5, 0.6) is 11.5 Å². The van der Waals surface area contributed by atoms with Crippen LogP contribution in [0.2, 0.25) is 10.0 Å². The number of benzene rings is 2. The summed E-state index contributed by atoms with van der Waals surface area (Å²) in [7, 11) is 0.763. The summed E-state index contributed by atoms with van der Waals surface area (Å²) in [5, 5.41) is 0.315. The molecule has 0 spiro atoms. The molecule has 0 bridgehead atoms. The smallest absolute Gasteiger partial charge is 0.243 e. The number of imidazole rings is 1. The van der Waals surface area contributed by atoms with Crippen molar-refractivity contribution in [2.45, 2.75) is 10.9 Å². The molecule has 10 heteroatoms. The first-order chi connectivity index (χ1) is 13.7. The number of hydrogen-bond acceptors (Lipinski definition) is 5. The number of halogens is 2. The molecule has 1 aromatic heterocycles. The minimum atomic E-state index is -4.04. The monoisotopic (exact) mass is 455 g/mol. The molecule has 0 radical (unpaired) electrons. The number of hydrogen-bond donors (Lipinski definition) is 1. The van der Waals surface area contributed by atoms with Crippen molar-refractivity contribution in [1.29, 1.82) is 0 Å². The largest absolute Gasteiger partial charge is 0.497 e. The summed E-state index contributed by atoms with van der Waals surface area (Å²) in [6.45, 7) is 0. The lowest BCUT2D eigenvalue weighted by Gasteiger charge is -2.21. The highest BCUT2D eigenvalue weighted by Crippen LogP contribution is 2.32. The fourth-order valence-corrected chi connectivity index (χ4v) is 4.77. The van der Waals surface area contributed by atoms with E-state index in [-0.39, 0.29) is 14.9 Å². The van der Waals surface area contributed by atoms with Gasteiger partial charge in [0.1, 0.15) is 28.3 Å². The van der Waals surface area contributed by atoms with Crippen LogP contribution in [-0.2, 0) is 17.1 Å². The normalized spacial score (nSPS) is 12.6. The average molecular weight is 456 g/mol. The topological polar surface area (TPSA) is 82.4 Å². The van der Waals surface area contributed by atoms with Crippen molar-refractivity contribution < 1.29 is 17.9 Å². The maximum absolute atomic E-state index is 13.2. The molecule has 1 heterocycles. The lowest BCUT2D eigenvalue weighted by atomic mass is 10.1. The molecule has 29 heavy (non-hydrogen) atoms. The summed E-state index contributed by atoms with van der Waals surface area (Å²) < 4.78 is 41.3. The Bertz CT molecular complexity index is 1110. The Balaban J connectivity index is 2.13. The molecule has 0 amide bonds. The molecule has 0 aliphatic heterocycles. The van der Waals surface area contributed by atoms with Gasteiger partial charge < -0.3 is 14.0 Å². The van der Waals surface area contributed by atoms with E-state index < -0.39 is 16.1 Å². The lowest BCUT2D eigenvalue weighted by molar-refractivity contribution is 0.392. The Morgan fingerprint density at radius 1 is 1.07 bits per heavy atom. The molecule has 0 saturated carbocycles. The van der Waals surface area contributed by atoms with Crippen molar-refractivity contribution in [1.82, 2.24) is 14.3 Å². The van der Waals surface area contributed by atoms with E-state index in [4.69, 9.17) is 32.7 Å². The Hall–Kier alpha value is -2.26. The van der Waals surface area contributed by atoms with Crippen LogP contribution in [0.1, 0.15) is 17.4 Å². The molecule has 0 aliphatic rings. The van der Waals surface area contributed by atoms with E-state index in [1.165, 1.54) is 32.4 Å². The number of nitrogens with zero attached hydrogens (tertiary/aromatic N) is 2. The molecule has 1 atom stereocenters. The second-order valence-corrected chi connectivity index (χ2v) is 8.70. The minimum Gasteiger partial charge on any atom is -0.497 e. The summed E-state index contributed by atoms with van der Waals surface area (Å²) >= 11 is 12.1. The molecule has 7 nitrogen and oxygen atoms in total. The van der Waals surface area contributed by atoms with Crippen LogP contribution in [0.3, 0.4) is 0 Å². The first-order valence-corrected chi connectivity index (χ1v) is 10.7. The van der Waals surface area contributed by atoms with Gasteiger partial charge in [0.2, 0.25) is 10.0 Å². The fourth-order valence-electron chi connectivity index (χ4n) is 2.82. The molecule has 3 aromatic rings. The van der Waals surface area contributed by atoms with Crippen LogP contribution in [-0.4, -0.2) is 32.2 Å². The van der Waals surface area contributed by atoms with Crippen LogP contribution in [0.15, 0.2) is 53.7 Å². The fraction of sp³-hybridized carbons (Fsp3) is 0.211. The maximum Gasteiger partial charge on any atom is 0.243 e. The van der Waals surface area contributed by atoms with Crippen molar-refractivity contribution in [3.8, 4) is 11.5 Å². The SMILES string of the molecule is COc1cc(OC)cc([C@H](NS(=O)(=O)c2cc(Cl)ccc2Cl)c2nccn2C)c1. The molecule has 1 N–H and O–H groups in total. The zero-order valence-electron chi connectivity index (χ0n) is 15.9. The van der Waals surface area contributed by atoms with E-state index in [0.29, 0.717) is 22.9 Å². The third kappa shape index (κ3) is 4.67. The number of rotatable bonds is 7. The Morgan fingerprint density at radius 3 is 2.28 bits per heavy atom. The predicted molar refractivity (Wildman–Crippen MR) is 111 cm³/mol.